The molecule has 1 aliphatic rings. The third-order valence-corrected chi connectivity index (χ3v) is 5.72. The highest BCUT2D eigenvalue weighted by Crippen LogP contribution is 2.23. The number of amides is 1. The van der Waals surface area contributed by atoms with Gasteiger partial charge in [0.25, 0.3) is 5.91 Å². The number of ether oxygens (including phenoxy) is 1. The lowest BCUT2D eigenvalue weighted by Gasteiger charge is -2.31. The third kappa shape index (κ3) is 5.67. The molecule has 154 valence electrons. The average Bonchev–Trinajstić information content (AvgIpc) is 2.78. The Morgan fingerprint density at radius 3 is 2.41 bits per heavy atom. The normalized spacial score (nSPS) is 14.6. The molecule has 2 aromatic carbocycles. The number of nitrogens with zero attached hydrogens (tertiary/aromatic N) is 1. The minimum absolute atomic E-state index is 0.203. The molecule has 0 saturated heterocycles. The molecule has 0 aromatic heterocycles. The number of benzene rings is 2. The first-order chi connectivity index (χ1) is 14.1. The zero-order chi connectivity index (χ0) is 20.6. The number of esters is 1. The van der Waals surface area contributed by atoms with Crippen LogP contribution in [-0.4, -0.2) is 37.0 Å². The average molecular weight is 395 g/mol. The van der Waals surface area contributed by atoms with Gasteiger partial charge in [0.2, 0.25) is 0 Å². The SMILES string of the molecule is COC(=O)c1cccc(C(=O)NCc2ccccc2CN(C)C2CCCCC2)c1. The van der Waals surface area contributed by atoms with E-state index in [1.165, 1.54) is 44.8 Å². The number of nitrogens with one attached hydrogen (secondary N) is 1. The molecule has 1 aliphatic carbocycles. The smallest absolute Gasteiger partial charge is 0.337 e. The number of rotatable bonds is 7. The van der Waals surface area contributed by atoms with Crippen LogP contribution in [0.2, 0.25) is 0 Å². The Kier molecular flexibility index (Phi) is 7.42. The molecule has 5 heteroatoms. The summed E-state index contributed by atoms with van der Waals surface area (Å²) in [7, 11) is 3.53. The predicted octanol–water partition coefficient (Wildman–Crippen LogP) is 4.17. The molecular weight excluding hydrogens is 364 g/mol. The fourth-order valence-electron chi connectivity index (χ4n) is 3.99. The Hall–Kier alpha value is -2.66. The lowest BCUT2D eigenvalue weighted by Crippen LogP contribution is -2.33. The monoisotopic (exact) mass is 394 g/mol. The van der Waals surface area contributed by atoms with Crippen LogP contribution in [0, 0.1) is 0 Å². The van der Waals surface area contributed by atoms with Crippen molar-refractivity contribution in [1.82, 2.24) is 10.2 Å². The Labute approximate surface area is 173 Å². The van der Waals surface area contributed by atoms with Gasteiger partial charge in [0.05, 0.1) is 12.7 Å². The van der Waals surface area contributed by atoms with Gasteiger partial charge >= 0.3 is 5.97 Å². The van der Waals surface area contributed by atoms with E-state index in [4.69, 9.17) is 4.74 Å². The van der Waals surface area contributed by atoms with Crippen LogP contribution in [0.3, 0.4) is 0 Å². The second-order valence-electron chi connectivity index (χ2n) is 7.73. The summed E-state index contributed by atoms with van der Waals surface area (Å²) in [5, 5.41) is 2.98. The van der Waals surface area contributed by atoms with Gasteiger partial charge in [-0.25, -0.2) is 4.79 Å². The van der Waals surface area contributed by atoms with Crippen molar-refractivity contribution in [3.8, 4) is 0 Å². The summed E-state index contributed by atoms with van der Waals surface area (Å²) in [5.41, 5.74) is 3.18. The highest BCUT2D eigenvalue weighted by atomic mass is 16.5. The number of hydrogen-bond acceptors (Lipinski definition) is 4. The molecule has 0 radical (unpaired) electrons. The third-order valence-electron chi connectivity index (χ3n) is 5.72. The van der Waals surface area contributed by atoms with Crippen LogP contribution >= 0.6 is 0 Å². The predicted molar refractivity (Wildman–Crippen MR) is 114 cm³/mol. The number of carbonyl (C=O) groups excluding carboxylic acids is 2. The van der Waals surface area contributed by atoms with Crippen molar-refractivity contribution in [3.05, 3.63) is 70.8 Å². The summed E-state index contributed by atoms with van der Waals surface area (Å²) < 4.78 is 4.73. The lowest BCUT2D eigenvalue weighted by atomic mass is 9.94. The van der Waals surface area contributed by atoms with E-state index in [2.05, 4.69) is 35.5 Å². The first-order valence-electron chi connectivity index (χ1n) is 10.3. The Balaban J connectivity index is 1.63. The molecule has 29 heavy (non-hydrogen) atoms. The minimum Gasteiger partial charge on any atom is -0.465 e. The van der Waals surface area contributed by atoms with Crippen LogP contribution in [0.5, 0.6) is 0 Å². The second kappa shape index (κ2) is 10.2. The van der Waals surface area contributed by atoms with Gasteiger partial charge in [-0.15, -0.1) is 0 Å². The van der Waals surface area contributed by atoms with Gasteiger partial charge in [0, 0.05) is 24.7 Å². The van der Waals surface area contributed by atoms with Crippen LogP contribution in [0.1, 0.15) is 63.9 Å². The van der Waals surface area contributed by atoms with Gasteiger partial charge in [-0.05, 0) is 49.2 Å². The van der Waals surface area contributed by atoms with Crippen LogP contribution in [0.25, 0.3) is 0 Å². The topological polar surface area (TPSA) is 58.6 Å². The Morgan fingerprint density at radius 2 is 1.69 bits per heavy atom. The van der Waals surface area contributed by atoms with E-state index in [1.807, 2.05) is 6.07 Å². The quantitative estimate of drug-likeness (QED) is 0.716. The van der Waals surface area contributed by atoms with E-state index < -0.39 is 5.97 Å². The van der Waals surface area contributed by atoms with Crippen LogP contribution < -0.4 is 5.32 Å². The number of hydrogen-bond donors (Lipinski definition) is 1. The maximum absolute atomic E-state index is 12.6. The molecule has 0 atom stereocenters. The highest BCUT2D eigenvalue weighted by Gasteiger charge is 2.19. The van der Waals surface area contributed by atoms with Crippen LogP contribution in [0.15, 0.2) is 48.5 Å². The summed E-state index contributed by atoms with van der Waals surface area (Å²) in [6, 6.07) is 15.5. The summed E-state index contributed by atoms with van der Waals surface area (Å²) in [6.07, 6.45) is 6.52. The zero-order valence-electron chi connectivity index (χ0n) is 17.3. The maximum atomic E-state index is 12.6. The van der Waals surface area contributed by atoms with E-state index in [1.54, 1.807) is 24.3 Å². The number of carbonyl (C=O) groups is 2. The van der Waals surface area contributed by atoms with Gasteiger partial charge < -0.3 is 10.1 Å². The van der Waals surface area contributed by atoms with Crippen molar-refractivity contribution in [3.63, 3.8) is 0 Å². The van der Waals surface area contributed by atoms with E-state index >= 15 is 0 Å². The van der Waals surface area contributed by atoms with Crippen LogP contribution in [0.4, 0.5) is 0 Å². The van der Waals surface area contributed by atoms with Crippen molar-refractivity contribution < 1.29 is 14.3 Å². The van der Waals surface area contributed by atoms with Gasteiger partial charge in [-0.1, -0.05) is 49.6 Å². The fourth-order valence-corrected chi connectivity index (χ4v) is 3.99. The van der Waals surface area contributed by atoms with E-state index in [-0.39, 0.29) is 5.91 Å². The van der Waals surface area contributed by atoms with E-state index in [9.17, 15) is 9.59 Å². The fraction of sp³-hybridized carbons (Fsp3) is 0.417. The Morgan fingerprint density at radius 1 is 1.00 bits per heavy atom. The van der Waals surface area contributed by atoms with Gasteiger partial charge in [-0.2, -0.15) is 0 Å². The van der Waals surface area contributed by atoms with Crippen LogP contribution in [-0.2, 0) is 17.8 Å². The standard InChI is InChI=1S/C24H30N2O3/c1-26(22-13-4-3-5-14-22)17-21-10-7-6-9-20(21)16-25-23(27)18-11-8-12-19(15-18)24(28)29-2/h6-12,15,22H,3-5,13-14,16-17H2,1-2H3,(H,25,27). The van der Waals surface area contributed by atoms with Gasteiger partial charge in [-0.3, -0.25) is 9.69 Å². The largest absolute Gasteiger partial charge is 0.465 e. The minimum atomic E-state index is -0.448. The molecule has 0 heterocycles. The second-order valence-corrected chi connectivity index (χ2v) is 7.73. The summed E-state index contributed by atoms with van der Waals surface area (Å²) >= 11 is 0. The summed E-state index contributed by atoms with van der Waals surface area (Å²) in [6.45, 7) is 1.34. The molecule has 2 aromatic rings. The maximum Gasteiger partial charge on any atom is 0.337 e. The van der Waals surface area contributed by atoms with E-state index in [0.29, 0.717) is 23.7 Å². The van der Waals surface area contributed by atoms with Crippen molar-refractivity contribution in [2.45, 2.75) is 51.2 Å². The van der Waals surface area contributed by atoms with Crippen molar-refractivity contribution in [2.75, 3.05) is 14.2 Å². The molecule has 0 aliphatic heterocycles. The summed E-state index contributed by atoms with van der Waals surface area (Å²) in [5.74, 6) is -0.651. The van der Waals surface area contributed by atoms with Crippen molar-refractivity contribution in [1.29, 1.82) is 0 Å². The summed E-state index contributed by atoms with van der Waals surface area (Å²) in [4.78, 5) is 26.7. The van der Waals surface area contributed by atoms with E-state index in [0.717, 1.165) is 12.1 Å². The molecule has 1 amide bonds. The lowest BCUT2D eigenvalue weighted by molar-refractivity contribution is 0.0600. The molecule has 1 N–H and O–H groups in total. The molecule has 1 fully saturated rings. The first kappa shape index (κ1) is 21.1. The highest BCUT2D eigenvalue weighted by molar-refractivity contribution is 5.97. The molecule has 3 rings (SSSR count). The molecule has 5 nitrogen and oxygen atoms in total. The molecule has 0 bridgehead atoms. The van der Waals surface area contributed by atoms with Gasteiger partial charge in [0.1, 0.15) is 0 Å². The zero-order valence-corrected chi connectivity index (χ0v) is 17.3. The molecule has 1 saturated carbocycles. The Bertz CT molecular complexity index is 844. The van der Waals surface area contributed by atoms with Crippen molar-refractivity contribution >= 4 is 11.9 Å². The van der Waals surface area contributed by atoms with Gasteiger partial charge in [0.15, 0.2) is 0 Å². The number of methoxy groups -OCH3 is 1. The molecule has 0 spiro atoms. The first-order valence-corrected chi connectivity index (χ1v) is 10.3. The van der Waals surface area contributed by atoms with Crippen molar-refractivity contribution in [2.24, 2.45) is 0 Å². The molecular formula is C24H30N2O3. The molecule has 0 unspecified atom stereocenters.